The Labute approximate surface area is 183 Å². The van der Waals surface area contributed by atoms with Gasteiger partial charge in [0, 0.05) is 37.7 Å². The Balaban J connectivity index is 0.000000360. The zero-order valence-electron chi connectivity index (χ0n) is 17.3. The molecule has 1 unspecified atom stereocenters. The molecular weight excluding hydrogens is 429 g/mol. The highest BCUT2D eigenvalue weighted by atomic mass is 19.4. The maximum absolute atomic E-state index is 10.6. The number of alkyl halides is 3. The number of carboxylic acid groups (broad SMARTS) is 1. The molecule has 2 aliphatic rings. The summed E-state index contributed by atoms with van der Waals surface area (Å²) >= 11 is 0. The molecule has 11 heteroatoms. The highest BCUT2D eigenvalue weighted by Gasteiger charge is 2.38. The van der Waals surface area contributed by atoms with Crippen LogP contribution in [0.2, 0.25) is 0 Å². The number of hydrogen-bond acceptors (Lipinski definition) is 7. The summed E-state index contributed by atoms with van der Waals surface area (Å²) in [4.78, 5) is 20.7. The number of para-hydroxylation sites is 1. The highest BCUT2D eigenvalue weighted by Crippen LogP contribution is 2.28. The van der Waals surface area contributed by atoms with Crippen LogP contribution in [0, 0.1) is 0 Å². The van der Waals surface area contributed by atoms with Crippen LogP contribution in [0.25, 0.3) is 0 Å². The van der Waals surface area contributed by atoms with Gasteiger partial charge in [-0.3, -0.25) is 4.90 Å². The van der Waals surface area contributed by atoms with Gasteiger partial charge in [-0.1, -0.05) is 18.2 Å². The Morgan fingerprint density at radius 3 is 2.44 bits per heavy atom. The van der Waals surface area contributed by atoms with E-state index in [0.717, 1.165) is 56.5 Å². The third-order valence-corrected chi connectivity index (χ3v) is 5.09. The summed E-state index contributed by atoms with van der Waals surface area (Å²) in [5.74, 6) is -1.12. The number of ether oxygens (including phenoxy) is 2. The van der Waals surface area contributed by atoms with Gasteiger partial charge in [0.2, 0.25) is 0 Å². The van der Waals surface area contributed by atoms with Gasteiger partial charge in [-0.05, 0) is 31.0 Å². The number of halogens is 3. The summed E-state index contributed by atoms with van der Waals surface area (Å²) in [6, 6.07) is 12.6. The lowest BCUT2D eigenvalue weighted by atomic mass is 10.0. The van der Waals surface area contributed by atoms with Gasteiger partial charge in [-0.15, -0.1) is 0 Å². The van der Waals surface area contributed by atoms with Crippen LogP contribution < -0.4 is 5.32 Å². The number of anilines is 2. The Bertz CT molecular complexity index is 864. The molecule has 2 aliphatic heterocycles. The van der Waals surface area contributed by atoms with E-state index in [4.69, 9.17) is 24.4 Å². The van der Waals surface area contributed by atoms with Crippen molar-refractivity contribution in [1.29, 1.82) is 0 Å². The van der Waals surface area contributed by atoms with E-state index in [-0.39, 0.29) is 6.04 Å². The van der Waals surface area contributed by atoms with E-state index in [1.165, 1.54) is 0 Å². The molecule has 1 aromatic heterocycles. The zero-order valence-corrected chi connectivity index (χ0v) is 17.3. The first kappa shape index (κ1) is 23.9. The number of aliphatic carboxylic acids is 1. The molecule has 0 aliphatic carbocycles. The predicted octanol–water partition coefficient (Wildman–Crippen LogP) is 3.41. The molecule has 1 atom stereocenters. The minimum Gasteiger partial charge on any atom is -0.475 e. The lowest BCUT2D eigenvalue weighted by Gasteiger charge is -2.41. The molecule has 2 N–H and O–H groups in total. The van der Waals surface area contributed by atoms with Crippen LogP contribution in [0.3, 0.4) is 0 Å². The molecule has 2 aromatic rings. The smallest absolute Gasteiger partial charge is 0.475 e. The predicted molar refractivity (Wildman–Crippen MR) is 110 cm³/mol. The normalized spacial score (nSPS) is 20.2. The molecule has 174 valence electrons. The fourth-order valence-corrected chi connectivity index (χ4v) is 3.57. The largest absolute Gasteiger partial charge is 0.490 e. The van der Waals surface area contributed by atoms with E-state index >= 15 is 0 Å². The monoisotopic (exact) mass is 454 g/mol. The van der Waals surface area contributed by atoms with Crippen molar-refractivity contribution in [2.75, 3.05) is 38.3 Å². The van der Waals surface area contributed by atoms with Crippen LogP contribution >= 0.6 is 0 Å². The summed E-state index contributed by atoms with van der Waals surface area (Å²) in [7, 11) is 0. The first-order valence-electron chi connectivity index (χ1n) is 10.2. The molecule has 0 spiro atoms. The second-order valence-corrected chi connectivity index (χ2v) is 7.27. The van der Waals surface area contributed by atoms with Crippen molar-refractivity contribution in [1.82, 2.24) is 14.9 Å². The van der Waals surface area contributed by atoms with Crippen LogP contribution in [0.15, 0.2) is 42.6 Å². The second kappa shape index (κ2) is 11.2. The number of hydrogen-bond donors (Lipinski definition) is 2. The Morgan fingerprint density at radius 2 is 1.78 bits per heavy atom. The van der Waals surface area contributed by atoms with Gasteiger partial charge < -0.3 is 19.9 Å². The van der Waals surface area contributed by atoms with Gasteiger partial charge in [0.1, 0.15) is 11.6 Å². The van der Waals surface area contributed by atoms with E-state index in [0.29, 0.717) is 12.6 Å². The van der Waals surface area contributed by atoms with Gasteiger partial charge in [-0.2, -0.15) is 13.2 Å². The van der Waals surface area contributed by atoms with E-state index in [2.05, 4.69) is 15.2 Å². The lowest BCUT2D eigenvalue weighted by Crippen LogP contribution is -2.48. The number of aromatic nitrogens is 2. The second-order valence-electron chi connectivity index (χ2n) is 7.27. The van der Waals surface area contributed by atoms with Crippen molar-refractivity contribution in [3.05, 3.63) is 48.4 Å². The van der Waals surface area contributed by atoms with Crippen LogP contribution in [0.4, 0.5) is 24.7 Å². The molecular formula is C21H25F3N4O4. The number of carboxylic acids is 1. The van der Waals surface area contributed by atoms with Gasteiger partial charge in [0.25, 0.3) is 0 Å². The maximum Gasteiger partial charge on any atom is 0.490 e. The molecule has 32 heavy (non-hydrogen) atoms. The van der Waals surface area contributed by atoms with Gasteiger partial charge in [-0.25, -0.2) is 14.8 Å². The number of benzene rings is 1. The van der Waals surface area contributed by atoms with Crippen molar-refractivity contribution in [3.63, 3.8) is 0 Å². The van der Waals surface area contributed by atoms with Crippen LogP contribution in [-0.2, 0) is 14.3 Å². The number of morpholine rings is 1. The number of carbonyl (C=O) groups is 1. The third kappa shape index (κ3) is 6.87. The summed E-state index contributed by atoms with van der Waals surface area (Å²) < 4.78 is 43.0. The molecule has 1 aromatic carbocycles. The molecule has 0 radical (unpaired) electrons. The number of nitrogens with zero attached hydrogens (tertiary/aromatic N) is 3. The number of nitrogens with one attached hydrogen (secondary N) is 1. The average Bonchev–Trinajstić information content (AvgIpc) is 2.80. The minimum absolute atomic E-state index is 0.106. The zero-order chi connectivity index (χ0) is 23.0. The van der Waals surface area contributed by atoms with E-state index in [9.17, 15) is 13.2 Å². The molecule has 0 amide bonds. The fourth-order valence-electron chi connectivity index (χ4n) is 3.57. The first-order valence-corrected chi connectivity index (χ1v) is 10.2. The van der Waals surface area contributed by atoms with Gasteiger partial charge >= 0.3 is 12.1 Å². The Hall–Kier alpha value is -2.76. The van der Waals surface area contributed by atoms with Crippen LogP contribution in [0.1, 0.15) is 24.7 Å². The molecule has 2 fully saturated rings. The molecule has 0 bridgehead atoms. The van der Waals surface area contributed by atoms with Crippen molar-refractivity contribution in [2.45, 2.75) is 31.1 Å². The van der Waals surface area contributed by atoms with E-state index in [1.54, 1.807) is 0 Å². The SMILES string of the molecule is O=C(O)C(F)(F)F.c1ccc(Nc2ccnc(C3COCCN3C3CCOCC3)n2)cc1. The minimum atomic E-state index is -5.08. The number of rotatable bonds is 4. The highest BCUT2D eigenvalue weighted by molar-refractivity contribution is 5.73. The van der Waals surface area contributed by atoms with Crippen molar-refractivity contribution in [2.24, 2.45) is 0 Å². The van der Waals surface area contributed by atoms with E-state index < -0.39 is 12.1 Å². The lowest BCUT2D eigenvalue weighted by molar-refractivity contribution is -0.192. The van der Waals surface area contributed by atoms with E-state index in [1.807, 2.05) is 42.6 Å². The molecule has 3 heterocycles. The average molecular weight is 454 g/mol. The van der Waals surface area contributed by atoms with Crippen molar-refractivity contribution in [3.8, 4) is 0 Å². The fraction of sp³-hybridized carbons (Fsp3) is 0.476. The van der Waals surface area contributed by atoms with Crippen molar-refractivity contribution >= 4 is 17.5 Å². The Morgan fingerprint density at radius 1 is 1.09 bits per heavy atom. The van der Waals surface area contributed by atoms with Crippen LogP contribution in [0.5, 0.6) is 0 Å². The molecule has 4 rings (SSSR count). The topological polar surface area (TPSA) is 96.8 Å². The molecule has 2 saturated heterocycles. The molecule has 0 saturated carbocycles. The molecule has 8 nitrogen and oxygen atoms in total. The first-order chi connectivity index (χ1) is 15.3. The van der Waals surface area contributed by atoms with Crippen LogP contribution in [-0.4, -0.2) is 71.1 Å². The Kier molecular flexibility index (Phi) is 8.37. The van der Waals surface area contributed by atoms with Gasteiger partial charge in [0.05, 0.1) is 19.3 Å². The maximum atomic E-state index is 10.6. The van der Waals surface area contributed by atoms with Crippen molar-refractivity contribution < 1.29 is 32.5 Å². The summed E-state index contributed by atoms with van der Waals surface area (Å²) in [6.45, 7) is 4.02. The van der Waals surface area contributed by atoms with Gasteiger partial charge in [0.15, 0.2) is 0 Å². The summed E-state index contributed by atoms with van der Waals surface area (Å²) in [5, 5.41) is 10.5. The summed E-state index contributed by atoms with van der Waals surface area (Å²) in [6.07, 6.45) is -1.12. The summed E-state index contributed by atoms with van der Waals surface area (Å²) in [5.41, 5.74) is 1.02. The standard InChI is InChI=1S/C19H24N4O2.C2HF3O2/c1-2-4-15(5-3-1)21-18-6-9-20-19(22-18)17-14-25-13-10-23(17)16-7-11-24-12-8-16;3-2(4,5)1(6)7/h1-6,9,16-17H,7-8,10-14H2,(H,20,21,22);(H,6,7). The third-order valence-electron chi connectivity index (χ3n) is 5.09. The quantitative estimate of drug-likeness (QED) is 0.726.